The fourth-order valence-electron chi connectivity index (χ4n) is 3.09. The number of likely N-dealkylation sites (N-methyl/N-ethyl adjacent to an activating group) is 1. The molecule has 1 heterocycles. The van der Waals surface area contributed by atoms with Gasteiger partial charge in [0.2, 0.25) is 0 Å². The van der Waals surface area contributed by atoms with E-state index in [0.717, 1.165) is 26.0 Å². The summed E-state index contributed by atoms with van der Waals surface area (Å²) in [5.74, 6) is 0. The molecule has 18 heavy (non-hydrogen) atoms. The summed E-state index contributed by atoms with van der Waals surface area (Å²) >= 11 is 0. The maximum atomic E-state index is 6.12. The number of nitrogens with two attached hydrogens (primary N) is 1. The van der Waals surface area contributed by atoms with Crippen LogP contribution in [-0.4, -0.2) is 31.3 Å². The first-order chi connectivity index (χ1) is 8.72. The average Bonchev–Trinajstić information content (AvgIpc) is 2.41. The zero-order valence-electron chi connectivity index (χ0n) is 11.4. The van der Waals surface area contributed by atoms with Crippen LogP contribution in [0.15, 0.2) is 30.3 Å². The lowest BCUT2D eigenvalue weighted by Crippen LogP contribution is -2.58. The molecule has 3 heteroatoms. The van der Waals surface area contributed by atoms with Crippen LogP contribution in [0.3, 0.4) is 0 Å². The smallest absolute Gasteiger partial charge is 0.0570 e. The summed E-state index contributed by atoms with van der Waals surface area (Å²) in [7, 11) is 0. The monoisotopic (exact) mass is 248 g/mol. The maximum absolute atomic E-state index is 6.12. The van der Waals surface area contributed by atoms with Gasteiger partial charge in [-0.1, -0.05) is 18.2 Å². The Morgan fingerprint density at radius 3 is 2.67 bits per heavy atom. The highest BCUT2D eigenvalue weighted by molar-refractivity contribution is 5.49. The Bertz CT molecular complexity index is 368. The minimum atomic E-state index is 0.0494. The summed E-state index contributed by atoms with van der Waals surface area (Å²) in [5.41, 5.74) is 7.43. The van der Waals surface area contributed by atoms with Gasteiger partial charge in [-0.25, -0.2) is 0 Å². The highest BCUT2D eigenvalue weighted by atomic mass is 16.5. The highest BCUT2D eigenvalue weighted by Gasteiger charge is 2.39. The molecule has 3 nitrogen and oxygen atoms in total. The van der Waals surface area contributed by atoms with Gasteiger partial charge in [0.25, 0.3) is 0 Å². The molecule has 1 aromatic carbocycles. The lowest BCUT2D eigenvalue weighted by Gasteiger charge is -2.48. The van der Waals surface area contributed by atoms with Crippen LogP contribution in [0, 0.1) is 0 Å². The number of hydrogen-bond acceptors (Lipinski definition) is 3. The van der Waals surface area contributed by atoms with E-state index in [1.165, 1.54) is 5.69 Å². The molecule has 0 spiro atoms. The molecule has 2 rings (SSSR count). The van der Waals surface area contributed by atoms with Gasteiger partial charge in [0.15, 0.2) is 0 Å². The molecule has 0 aliphatic carbocycles. The summed E-state index contributed by atoms with van der Waals surface area (Å²) < 4.78 is 5.68. The molecule has 1 aliphatic heterocycles. The second kappa shape index (κ2) is 5.72. The van der Waals surface area contributed by atoms with E-state index in [0.29, 0.717) is 12.6 Å². The van der Waals surface area contributed by atoms with Crippen LogP contribution in [0.4, 0.5) is 5.69 Å². The molecule has 1 fully saturated rings. The van der Waals surface area contributed by atoms with Crippen LogP contribution in [0.2, 0.25) is 0 Å². The van der Waals surface area contributed by atoms with Crippen molar-refractivity contribution < 1.29 is 4.74 Å². The van der Waals surface area contributed by atoms with Gasteiger partial charge in [-0.3, -0.25) is 0 Å². The first-order valence-electron chi connectivity index (χ1n) is 6.86. The summed E-state index contributed by atoms with van der Waals surface area (Å²) in [6, 6.07) is 10.6. The largest absolute Gasteiger partial charge is 0.378 e. The Kier molecular flexibility index (Phi) is 4.25. The molecule has 2 unspecified atom stereocenters. The molecule has 1 aromatic rings. The molecule has 2 atom stereocenters. The van der Waals surface area contributed by atoms with E-state index in [1.807, 2.05) is 0 Å². The minimum Gasteiger partial charge on any atom is -0.378 e. The minimum absolute atomic E-state index is 0.0494. The van der Waals surface area contributed by atoms with E-state index in [-0.39, 0.29) is 5.54 Å². The van der Waals surface area contributed by atoms with E-state index >= 15 is 0 Å². The first-order valence-corrected chi connectivity index (χ1v) is 6.86. The van der Waals surface area contributed by atoms with E-state index in [1.54, 1.807) is 0 Å². The van der Waals surface area contributed by atoms with E-state index in [4.69, 9.17) is 10.5 Å². The number of anilines is 1. The second-order valence-corrected chi connectivity index (χ2v) is 5.14. The molecule has 0 bridgehead atoms. The van der Waals surface area contributed by atoms with E-state index < -0.39 is 0 Å². The zero-order chi connectivity index (χ0) is 13.0. The molecule has 0 aromatic heterocycles. The molecular weight excluding hydrogens is 224 g/mol. The Hall–Kier alpha value is -1.06. The number of rotatable bonds is 4. The molecular formula is C15H24N2O. The number of benzene rings is 1. The Morgan fingerprint density at radius 1 is 1.39 bits per heavy atom. The van der Waals surface area contributed by atoms with Gasteiger partial charge in [-0.05, 0) is 38.8 Å². The molecule has 0 saturated carbocycles. The van der Waals surface area contributed by atoms with Gasteiger partial charge in [0, 0.05) is 25.4 Å². The van der Waals surface area contributed by atoms with Crippen LogP contribution in [0.1, 0.15) is 26.7 Å². The van der Waals surface area contributed by atoms with Gasteiger partial charge < -0.3 is 15.4 Å². The van der Waals surface area contributed by atoms with Crippen molar-refractivity contribution in [1.82, 2.24) is 0 Å². The molecule has 1 saturated heterocycles. The van der Waals surface area contributed by atoms with Crippen molar-refractivity contribution in [1.29, 1.82) is 0 Å². The predicted molar refractivity (Wildman–Crippen MR) is 75.9 cm³/mol. The van der Waals surface area contributed by atoms with Crippen LogP contribution in [0.5, 0.6) is 0 Å². The SMILES string of the molecule is CCN(c1ccccc1)C1(CN)CCOC(C)C1. The van der Waals surface area contributed by atoms with Crippen molar-refractivity contribution in [2.75, 3.05) is 24.6 Å². The number of para-hydroxylation sites is 1. The number of hydrogen-bond donors (Lipinski definition) is 1. The maximum Gasteiger partial charge on any atom is 0.0570 e. The Morgan fingerprint density at radius 2 is 2.11 bits per heavy atom. The van der Waals surface area contributed by atoms with Crippen LogP contribution in [0.25, 0.3) is 0 Å². The lowest BCUT2D eigenvalue weighted by molar-refractivity contribution is -0.00738. The third kappa shape index (κ3) is 2.52. The summed E-state index contributed by atoms with van der Waals surface area (Å²) in [4.78, 5) is 2.45. The summed E-state index contributed by atoms with van der Waals surface area (Å²) in [6.07, 6.45) is 2.31. The van der Waals surface area contributed by atoms with Crippen LogP contribution >= 0.6 is 0 Å². The van der Waals surface area contributed by atoms with Crippen molar-refractivity contribution >= 4 is 5.69 Å². The summed E-state index contributed by atoms with van der Waals surface area (Å²) in [6.45, 7) is 6.81. The van der Waals surface area contributed by atoms with Crippen molar-refractivity contribution in [3.8, 4) is 0 Å². The van der Waals surface area contributed by atoms with Crippen molar-refractivity contribution in [3.05, 3.63) is 30.3 Å². The topological polar surface area (TPSA) is 38.5 Å². The predicted octanol–water partition coefficient (Wildman–Crippen LogP) is 2.41. The van der Waals surface area contributed by atoms with E-state index in [2.05, 4.69) is 49.1 Å². The normalized spacial score (nSPS) is 28.1. The average molecular weight is 248 g/mol. The van der Waals surface area contributed by atoms with Gasteiger partial charge in [-0.2, -0.15) is 0 Å². The lowest BCUT2D eigenvalue weighted by atomic mass is 9.84. The summed E-state index contributed by atoms with van der Waals surface area (Å²) in [5, 5.41) is 0. The molecule has 2 N–H and O–H groups in total. The highest BCUT2D eigenvalue weighted by Crippen LogP contribution is 2.33. The third-order valence-electron chi connectivity index (χ3n) is 3.97. The van der Waals surface area contributed by atoms with Crippen LogP contribution < -0.4 is 10.6 Å². The number of nitrogens with zero attached hydrogens (tertiary/aromatic N) is 1. The number of ether oxygens (including phenoxy) is 1. The molecule has 1 aliphatic rings. The van der Waals surface area contributed by atoms with Crippen molar-refractivity contribution in [2.24, 2.45) is 5.73 Å². The van der Waals surface area contributed by atoms with Crippen molar-refractivity contribution in [3.63, 3.8) is 0 Å². The Balaban J connectivity index is 2.29. The van der Waals surface area contributed by atoms with Gasteiger partial charge >= 0.3 is 0 Å². The molecule has 0 radical (unpaired) electrons. The fourth-order valence-corrected chi connectivity index (χ4v) is 3.09. The second-order valence-electron chi connectivity index (χ2n) is 5.14. The fraction of sp³-hybridized carbons (Fsp3) is 0.600. The Labute approximate surface area is 110 Å². The first kappa shape index (κ1) is 13.4. The van der Waals surface area contributed by atoms with Crippen molar-refractivity contribution in [2.45, 2.75) is 38.3 Å². The van der Waals surface area contributed by atoms with E-state index in [9.17, 15) is 0 Å². The zero-order valence-corrected chi connectivity index (χ0v) is 11.4. The van der Waals surface area contributed by atoms with Gasteiger partial charge in [0.05, 0.1) is 11.6 Å². The molecule has 0 amide bonds. The van der Waals surface area contributed by atoms with Gasteiger partial charge in [-0.15, -0.1) is 0 Å². The quantitative estimate of drug-likeness (QED) is 0.889. The third-order valence-corrected chi connectivity index (χ3v) is 3.97. The standard InChI is InChI=1S/C15H24N2O/c1-3-17(14-7-5-4-6-8-14)15(12-16)9-10-18-13(2)11-15/h4-8,13H,3,9-12,16H2,1-2H3. The van der Waals surface area contributed by atoms with Crippen LogP contribution in [-0.2, 0) is 4.74 Å². The van der Waals surface area contributed by atoms with Gasteiger partial charge in [0.1, 0.15) is 0 Å². The molecule has 100 valence electrons.